The second-order valence-corrected chi connectivity index (χ2v) is 10.7. The van der Waals surface area contributed by atoms with Crippen LogP contribution in [-0.4, -0.2) is 39.6 Å². The number of thioether (sulfide) groups is 1. The highest BCUT2D eigenvalue weighted by Crippen LogP contribution is 2.39. The Kier molecular flexibility index (Phi) is 7.81. The molecule has 2 amide bonds. The highest BCUT2D eigenvalue weighted by molar-refractivity contribution is 8.15. The van der Waals surface area contributed by atoms with Gasteiger partial charge in [0, 0.05) is 23.6 Å². The summed E-state index contributed by atoms with van der Waals surface area (Å²) >= 11 is 7.57. The molecule has 2 heterocycles. The first kappa shape index (κ1) is 26.0. The fraction of sp³-hybridized carbons (Fsp3) is 0.241. The molecule has 2 aliphatic rings. The molecule has 2 atom stereocenters. The lowest BCUT2D eigenvalue weighted by Gasteiger charge is -2.23. The zero-order valence-corrected chi connectivity index (χ0v) is 22.6. The molecule has 0 unspecified atom stereocenters. The fourth-order valence-electron chi connectivity index (χ4n) is 4.37. The number of nitrogens with zero attached hydrogens (tertiary/aromatic N) is 3. The minimum atomic E-state index is -0.619. The summed E-state index contributed by atoms with van der Waals surface area (Å²) in [7, 11) is 0. The van der Waals surface area contributed by atoms with Crippen LogP contribution in [0.1, 0.15) is 42.5 Å². The van der Waals surface area contributed by atoms with Gasteiger partial charge in [-0.3, -0.25) is 9.59 Å². The SMILES string of the molecule is CCOc1ccc(NC(=O)C[C@H]2SC(N3N=C(c4ccc(C)cc4)C[C@H]3c3cccc(Cl)c3)=NC2=O)cc1. The van der Waals surface area contributed by atoms with Crippen LogP contribution in [0.5, 0.6) is 5.75 Å². The Bertz CT molecular complexity index is 1410. The minimum Gasteiger partial charge on any atom is -0.494 e. The summed E-state index contributed by atoms with van der Waals surface area (Å²) < 4.78 is 5.44. The Morgan fingerprint density at radius 3 is 2.61 bits per heavy atom. The highest BCUT2D eigenvalue weighted by atomic mass is 35.5. The van der Waals surface area contributed by atoms with E-state index < -0.39 is 5.25 Å². The lowest BCUT2D eigenvalue weighted by molar-refractivity contribution is -0.121. The second-order valence-electron chi connectivity index (χ2n) is 9.08. The normalized spacial score (nSPS) is 18.8. The first-order valence-corrected chi connectivity index (χ1v) is 13.7. The predicted molar refractivity (Wildman–Crippen MR) is 153 cm³/mol. The smallest absolute Gasteiger partial charge is 0.262 e. The Morgan fingerprint density at radius 1 is 1.13 bits per heavy atom. The van der Waals surface area contributed by atoms with Crippen molar-refractivity contribution in [3.63, 3.8) is 0 Å². The molecule has 194 valence electrons. The van der Waals surface area contributed by atoms with E-state index in [1.165, 1.54) is 17.3 Å². The molecular weight excluding hydrogens is 520 g/mol. The van der Waals surface area contributed by atoms with Crippen LogP contribution in [-0.2, 0) is 9.59 Å². The van der Waals surface area contributed by atoms with Crippen LogP contribution in [0.4, 0.5) is 5.69 Å². The van der Waals surface area contributed by atoms with Gasteiger partial charge in [0.15, 0.2) is 5.17 Å². The fourth-order valence-corrected chi connectivity index (χ4v) is 5.63. The Morgan fingerprint density at radius 2 is 1.89 bits per heavy atom. The average Bonchev–Trinajstić information content (AvgIpc) is 3.50. The summed E-state index contributed by atoms with van der Waals surface area (Å²) in [6.07, 6.45) is 0.647. The molecule has 2 aliphatic heterocycles. The largest absolute Gasteiger partial charge is 0.494 e. The molecule has 0 bridgehead atoms. The number of hydrogen-bond donors (Lipinski definition) is 1. The number of carbonyl (C=O) groups is 2. The van der Waals surface area contributed by atoms with E-state index in [4.69, 9.17) is 21.4 Å². The number of benzene rings is 3. The van der Waals surface area contributed by atoms with Crippen molar-refractivity contribution in [2.75, 3.05) is 11.9 Å². The first-order valence-electron chi connectivity index (χ1n) is 12.4. The Balaban J connectivity index is 1.31. The van der Waals surface area contributed by atoms with E-state index >= 15 is 0 Å². The summed E-state index contributed by atoms with van der Waals surface area (Å²) in [6.45, 7) is 4.53. The summed E-state index contributed by atoms with van der Waals surface area (Å²) in [6, 6.07) is 22.8. The van der Waals surface area contributed by atoms with E-state index in [2.05, 4.69) is 34.6 Å². The molecule has 0 saturated heterocycles. The lowest BCUT2D eigenvalue weighted by Crippen LogP contribution is -2.25. The summed E-state index contributed by atoms with van der Waals surface area (Å²) in [5, 5.41) is 10.0. The first-order chi connectivity index (χ1) is 18.4. The number of aliphatic imine (C=N–C) groups is 1. The van der Waals surface area contributed by atoms with Crippen LogP contribution >= 0.6 is 23.4 Å². The van der Waals surface area contributed by atoms with Gasteiger partial charge in [0.25, 0.3) is 5.91 Å². The Hall–Kier alpha value is -3.62. The quantitative estimate of drug-likeness (QED) is 0.380. The highest BCUT2D eigenvalue weighted by Gasteiger charge is 2.39. The molecule has 38 heavy (non-hydrogen) atoms. The van der Waals surface area contributed by atoms with Gasteiger partial charge in [-0.05, 0) is 61.4 Å². The van der Waals surface area contributed by atoms with Crippen molar-refractivity contribution in [1.29, 1.82) is 0 Å². The van der Waals surface area contributed by atoms with E-state index in [9.17, 15) is 9.59 Å². The molecule has 0 aromatic heterocycles. The van der Waals surface area contributed by atoms with Crippen LogP contribution in [0.2, 0.25) is 5.02 Å². The van der Waals surface area contributed by atoms with E-state index in [0.29, 0.717) is 28.9 Å². The molecule has 1 N–H and O–H groups in total. The van der Waals surface area contributed by atoms with Crippen molar-refractivity contribution in [3.8, 4) is 5.75 Å². The second kappa shape index (κ2) is 11.4. The van der Waals surface area contributed by atoms with Gasteiger partial charge in [0.2, 0.25) is 5.91 Å². The summed E-state index contributed by atoms with van der Waals surface area (Å²) in [5.41, 5.74) is 4.72. The number of nitrogens with one attached hydrogen (secondary N) is 1. The van der Waals surface area contributed by atoms with Gasteiger partial charge in [0.05, 0.1) is 18.4 Å². The zero-order valence-electron chi connectivity index (χ0n) is 21.1. The third-order valence-corrected chi connectivity index (χ3v) is 7.65. The molecule has 9 heteroatoms. The van der Waals surface area contributed by atoms with Crippen molar-refractivity contribution < 1.29 is 14.3 Å². The number of amidine groups is 1. The molecular formula is C29H27ClN4O3S. The van der Waals surface area contributed by atoms with Gasteiger partial charge in [-0.2, -0.15) is 10.1 Å². The number of rotatable bonds is 7. The number of anilines is 1. The van der Waals surface area contributed by atoms with Crippen molar-refractivity contribution in [2.45, 2.75) is 38.0 Å². The number of aryl methyl sites for hydroxylation is 1. The molecule has 0 aliphatic carbocycles. The van der Waals surface area contributed by atoms with E-state index in [0.717, 1.165) is 22.6 Å². The van der Waals surface area contributed by atoms with Gasteiger partial charge in [-0.25, -0.2) is 5.01 Å². The van der Waals surface area contributed by atoms with Crippen LogP contribution < -0.4 is 10.1 Å². The number of hydrogen-bond acceptors (Lipinski definition) is 6. The number of amides is 2. The standard InChI is InChI=1S/C29H27ClN4O3S/c1-3-37-23-13-11-22(12-14-23)31-27(35)17-26-28(36)32-29(38-26)34-25(20-5-4-6-21(30)15-20)16-24(33-34)19-9-7-18(2)8-10-19/h4-15,25-26H,3,16-17H2,1-2H3,(H,31,35)/t25-,26+/m0/s1. The minimum absolute atomic E-state index is 0.00785. The molecule has 0 spiro atoms. The Labute approximate surface area is 230 Å². The van der Waals surface area contributed by atoms with Crippen molar-refractivity contribution in [2.24, 2.45) is 10.1 Å². The monoisotopic (exact) mass is 546 g/mol. The van der Waals surface area contributed by atoms with Gasteiger partial charge in [-0.1, -0.05) is 65.3 Å². The summed E-state index contributed by atoms with van der Waals surface area (Å²) in [5.74, 6) is 0.138. The molecule has 0 radical (unpaired) electrons. The van der Waals surface area contributed by atoms with Crippen LogP contribution in [0, 0.1) is 6.92 Å². The van der Waals surface area contributed by atoms with Crippen LogP contribution in [0.25, 0.3) is 0 Å². The van der Waals surface area contributed by atoms with Gasteiger partial charge >= 0.3 is 0 Å². The lowest BCUT2D eigenvalue weighted by atomic mass is 9.98. The van der Waals surface area contributed by atoms with E-state index in [1.807, 2.05) is 38.1 Å². The topological polar surface area (TPSA) is 83.4 Å². The van der Waals surface area contributed by atoms with E-state index in [1.54, 1.807) is 29.3 Å². The molecule has 3 aromatic carbocycles. The van der Waals surface area contributed by atoms with Crippen molar-refractivity contribution in [1.82, 2.24) is 5.01 Å². The molecule has 0 saturated carbocycles. The number of carbonyl (C=O) groups excluding carboxylic acids is 2. The van der Waals surface area contributed by atoms with Gasteiger partial charge in [0.1, 0.15) is 11.0 Å². The predicted octanol–water partition coefficient (Wildman–Crippen LogP) is 6.23. The van der Waals surface area contributed by atoms with E-state index in [-0.39, 0.29) is 24.3 Å². The van der Waals surface area contributed by atoms with Crippen LogP contribution in [0.3, 0.4) is 0 Å². The number of halogens is 1. The molecule has 5 rings (SSSR count). The zero-order chi connectivity index (χ0) is 26.6. The van der Waals surface area contributed by atoms with Gasteiger partial charge < -0.3 is 10.1 Å². The maximum atomic E-state index is 12.8. The third kappa shape index (κ3) is 5.92. The van der Waals surface area contributed by atoms with Crippen molar-refractivity contribution >= 4 is 51.7 Å². The number of hydrazone groups is 1. The molecule has 7 nitrogen and oxygen atoms in total. The average molecular weight is 547 g/mol. The van der Waals surface area contributed by atoms with Crippen molar-refractivity contribution in [3.05, 3.63) is 94.5 Å². The summed E-state index contributed by atoms with van der Waals surface area (Å²) in [4.78, 5) is 29.9. The maximum absolute atomic E-state index is 12.8. The molecule has 0 fully saturated rings. The van der Waals surface area contributed by atoms with Gasteiger partial charge in [-0.15, -0.1) is 0 Å². The third-order valence-electron chi connectivity index (χ3n) is 6.27. The maximum Gasteiger partial charge on any atom is 0.262 e. The molecule has 3 aromatic rings. The van der Waals surface area contributed by atoms with Crippen LogP contribution in [0.15, 0.2) is 82.9 Å². The number of ether oxygens (including phenoxy) is 1.